The minimum absolute atomic E-state index is 0.103. The molecule has 0 heterocycles. The lowest BCUT2D eigenvalue weighted by atomic mass is 10.3. The highest BCUT2D eigenvalue weighted by molar-refractivity contribution is 7.90. The maximum absolute atomic E-state index is 10.4. The summed E-state index contributed by atoms with van der Waals surface area (Å²) in [6, 6.07) is 1.50. The number of hydrogen-bond acceptors (Lipinski definition) is 2. The Balaban J connectivity index is 0. The first-order valence-corrected chi connectivity index (χ1v) is 9.09. The van der Waals surface area contributed by atoms with Crippen LogP contribution in [0.1, 0.15) is 40.5 Å². The molecule has 0 aliphatic heterocycles. The van der Waals surface area contributed by atoms with Gasteiger partial charge in [-0.15, -0.1) is 0 Å². The molecule has 1 unspecified atom stereocenters. The largest absolute Gasteiger partial charge is 0.598 e. The minimum Gasteiger partial charge on any atom is -0.598 e. The third kappa shape index (κ3) is 15.0. The van der Waals surface area contributed by atoms with Crippen LogP contribution in [0, 0.1) is 0 Å². The van der Waals surface area contributed by atoms with Gasteiger partial charge in [0.2, 0.25) is 0 Å². The lowest BCUT2D eigenvalue weighted by Crippen LogP contribution is -2.34. The van der Waals surface area contributed by atoms with Crippen molar-refractivity contribution in [1.29, 1.82) is 0 Å². The zero-order valence-electron chi connectivity index (χ0n) is 10.5. The number of nitrogens with two attached hydrogens (primary N) is 1. The molecule has 1 radical (unpaired) electrons. The van der Waals surface area contributed by atoms with Crippen LogP contribution < -0.4 is 5.14 Å². The molecule has 4 heteroatoms. The maximum atomic E-state index is 10.4. The summed E-state index contributed by atoms with van der Waals surface area (Å²) in [6.45, 7) is 12.5. The highest BCUT2D eigenvalue weighted by Crippen LogP contribution is 2.09. The van der Waals surface area contributed by atoms with Gasteiger partial charge in [-0.05, 0) is 20.8 Å². The van der Waals surface area contributed by atoms with E-state index in [0.717, 1.165) is 0 Å². The highest BCUT2D eigenvalue weighted by atomic mass is 32.2. The van der Waals surface area contributed by atoms with Crippen molar-refractivity contribution in [2.75, 3.05) is 0 Å². The quantitative estimate of drug-likeness (QED) is 0.605. The van der Waals surface area contributed by atoms with Gasteiger partial charge in [0.15, 0.2) is 0 Å². The van der Waals surface area contributed by atoms with Gasteiger partial charge in [-0.25, -0.2) is 0 Å². The molecule has 0 aliphatic rings. The van der Waals surface area contributed by atoms with E-state index in [2.05, 4.69) is 20.0 Å². The summed E-state index contributed by atoms with van der Waals surface area (Å²) < 4.78 is 10.1. The number of hydrogen-bond donors (Lipinski definition) is 1. The summed E-state index contributed by atoms with van der Waals surface area (Å²) in [5, 5.41) is 5.04. The molecule has 2 nitrogen and oxygen atoms in total. The standard InChI is InChI=1S/C6H15Si.C4H11NOS/c1-4-5-6-7(2)3;1-4(2,3)7(5)6/h4-6H2,1-3H3;5H2,1-3H3. The first kappa shape index (κ1) is 16.9. The fourth-order valence-corrected chi connectivity index (χ4v) is 1.59. The molecule has 0 bridgehead atoms. The summed E-state index contributed by atoms with van der Waals surface area (Å²) in [6.07, 6.45) is 2.82. The van der Waals surface area contributed by atoms with Crippen molar-refractivity contribution < 1.29 is 4.55 Å². The molecule has 0 fully saturated rings. The van der Waals surface area contributed by atoms with Gasteiger partial charge < -0.3 is 4.55 Å². The van der Waals surface area contributed by atoms with Gasteiger partial charge in [-0.3, -0.25) is 0 Å². The fraction of sp³-hybridized carbons (Fsp3) is 1.00. The third-order valence-corrected chi connectivity index (χ3v) is 4.19. The zero-order valence-corrected chi connectivity index (χ0v) is 12.3. The van der Waals surface area contributed by atoms with Crippen LogP contribution in [0.5, 0.6) is 0 Å². The van der Waals surface area contributed by atoms with E-state index < -0.39 is 11.4 Å². The van der Waals surface area contributed by atoms with Crippen LogP contribution in [0.25, 0.3) is 0 Å². The predicted octanol–water partition coefficient (Wildman–Crippen LogP) is 2.95. The van der Waals surface area contributed by atoms with E-state index in [4.69, 9.17) is 5.14 Å². The average molecular weight is 236 g/mol. The van der Waals surface area contributed by atoms with Gasteiger partial charge in [0.1, 0.15) is 4.75 Å². The molecule has 0 aliphatic carbocycles. The van der Waals surface area contributed by atoms with Crippen molar-refractivity contribution in [1.82, 2.24) is 0 Å². The summed E-state index contributed by atoms with van der Waals surface area (Å²) >= 11 is -1.18. The van der Waals surface area contributed by atoms with Crippen LogP contribution in [-0.2, 0) is 11.4 Å². The van der Waals surface area contributed by atoms with Crippen molar-refractivity contribution in [3.8, 4) is 0 Å². The third-order valence-electron chi connectivity index (χ3n) is 1.63. The Hall–Kier alpha value is 0.487. The van der Waals surface area contributed by atoms with Crippen molar-refractivity contribution >= 4 is 20.2 Å². The van der Waals surface area contributed by atoms with Crippen LogP contribution in [0.3, 0.4) is 0 Å². The Bertz CT molecular complexity index is 124. The molecule has 87 valence electrons. The second-order valence-corrected chi connectivity index (χ2v) is 9.45. The van der Waals surface area contributed by atoms with Gasteiger partial charge in [0, 0.05) is 20.2 Å². The topological polar surface area (TPSA) is 49.1 Å². The summed E-state index contributed by atoms with van der Waals surface area (Å²) in [4.78, 5) is 0. The van der Waals surface area contributed by atoms with Crippen LogP contribution in [-0.4, -0.2) is 18.1 Å². The molecule has 0 aromatic heterocycles. The van der Waals surface area contributed by atoms with Crippen LogP contribution in [0.4, 0.5) is 0 Å². The van der Waals surface area contributed by atoms with E-state index >= 15 is 0 Å². The Morgan fingerprint density at radius 3 is 1.71 bits per heavy atom. The summed E-state index contributed by atoms with van der Waals surface area (Å²) in [5.74, 6) is 0. The predicted molar refractivity (Wildman–Crippen MR) is 69.3 cm³/mol. The molecule has 0 saturated carbocycles. The Kier molecular flexibility index (Phi) is 10.6. The molecule has 0 saturated heterocycles. The van der Waals surface area contributed by atoms with Crippen molar-refractivity contribution in [3.05, 3.63) is 0 Å². The number of rotatable bonds is 3. The van der Waals surface area contributed by atoms with E-state index in [-0.39, 0.29) is 13.5 Å². The minimum atomic E-state index is -1.18. The fourth-order valence-electron chi connectivity index (χ4n) is 0.530. The number of unbranched alkanes of at least 4 members (excludes halogenated alkanes) is 1. The first-order valence-electron chi connectivity index (χ1n) is 5.17. The molecule has 0 aromatic carbocycles. The van der Waals surface area contributed by atoms with Gasteiger partial charge in [0.25, 0.3) is 0 Å². The molecule has 0 aromatic rings. The Morgan fingerprint density at radius 2 is 1.64 bits per heavy atom. The molecule has 14 heavy (non-hydrogen) atoms. The van der Waals surface area contributed by atoms with Crippen molar-refractivity contribution in [3.63, 3.8) is 0 Å². The van der Waals surface area contributed by atoms with Gasteiger partial charge in [-0.2, -0.15) is 5.14 Å². The highest BCUT2D eigenvalue weighted by Gasteiger charge is 2.21. The summed E-state index contributed by atoms with van der Waals surface area (Å²) in [7, 11) is 0.103. The van der Waals surface area contributed by atoms with E-state index in [9.17, 15) is 4.55 Å². The van der Waals surface area contributed by atoms with Crippen LogP contribution in [0.15, 0.2) is 0 Å². The van der Waals surface area contributed by atoms with Gasteiger partial charge in [0.05, 0.1) is 0 Å². The van der Waals surface area contributed by atoms with E-state index in [1.54, 1.807) is 0 Å². The monoisotopic (exact) mass is 236 g/mol. The lowest BCUT2D eigenvalue weighted by molar-refractivity contribution is 0.561. The van der Waals surface area contributed by atoms with E-state index in [0.29, 0.717) is 0 Å². The Labute approximate surface area is 94.6 Å². The molecule has 0 amide bonds. The van der Waals surface area contributed by atoms with Crippen molar-refractivity contribution in [2.24, 2.45) is 5.14 Å². The van der Waals surface area contributed by atoms with Gasteiger partial charge >= 0.3 is 0 Å². The lowest BCUT2D eigenvalue weighted by Gasteiger charge is -2.17. The smallest absolute Gasteiger partial charge is 0.136 e. The maximum Gasteiger partial charge on any atom is 0.136 e. The average Bonchev–Trinajstić information content (AvgIpc) is 2.00. The SMILES string of the molecule is CC(C)(C)[S+](N)[O-].CCCC[Si](C)C. The van der Waals surface area contributed by atoms with E-state index in [1.165, 1.54) is 18.9 Å². The van der Waals surface area contributed by atoms with Gasteiger partial charge in [-0.1, -0.05) is 38.9 Å². The van der Waals surface area contributed by atoms with Crippen LogP contribution >= 0.6 is 0 Å². The molecule has 2 N–H and O–H groups in total. The molecule has 0 rings (SSSR count). The summed E-state index contributed by atoms with van der Waals surface area (Å²) in [5.41, 5.74) is 0. The second kappa shape index (κ2) is 8.77. The Morgan fingerprint density at radius 1 is 1.29 bits per heavy atom. The zero-order chi connectivity index (χ0) is 11.8. The van der Waals surface area contributed by atoms with Crippen LogP contribution in [0.2, 0.25) is 19.1 Å². The molecule has 1 atom stereocenters. The molecular formula is C10H26NOSSi. The second-order valence-electron chi connectivity index (χ2n) is 4.72. The van der Waals surface area contributed by atoms with Crippen molar-refractivity contribution in [2.45, 2.75) is 64.4 Å². The first-order chi connectivity index (χ1) is 6.21. The van der Waals surface area contributed by atoms with E-state index in [1.807, 2.05) is 20.8 Å². The molecule has 0 spiro atoms. The molecular weight excluding hydrogens is 210 g/mol. The normalized spacial score (nSPS) is 13.5.